The summed E-state index contributed by atoms with van der Waals surface area (Å²) in [6, 6.07) is 4.38. The van der Waals surface area contributed by atoms with Crippen LogP contribution in [-0.4, -0.2) is 47.1 Å². The summed E-state index contributed by atoms with van der Waals surface area (Å²) in [6.07, 6.45) is 3.97. The molecule has 1 saturated heterocycles. The third kappa shape index (κ3) is 2.81. The van der Waals surface area contributed by atoms with Gasteiger partial charge in [-0.15, -0.1) is 0 Å². The minimum absolute atomic E-state index is 0.0144. The smallest absolute Gasteiger partial charge is 0.183 e. The minimum atomic E-state index is -0.0144. The number of rotatable bonds is 3. The summed E-state index contributed by atoms with van der Waals surface area (Å²) in [5.41, 5.74) is 0.364. The van der Waals surface area contributed by atoms with Crippen molar-refractivity contribution in [2.45, 2.75) is 19.4 Å². The highest BCUT2D eigenvalue weighted by Gasteiger charge is 2.24. The van der Waals surface area contributed by atoms with Gasteiger partial charge in [-0.3, -0.25) is 4.90 Å². The van der Waals surface area contributed by atoms with Crippen LogP contribution in [-0.2, 0) is 0 Å². The van der Waals surface area contributed by atoms with Gasteiger partial charge in [-0.1, -0.05) is 6.92 Å². The largest absolute Gasteiger partial charge is 0.352 e. The lowest BCUT2D eigenvalue weighted by atomic mass is 10.2. The molecule has 0 amide bonds. The average Bonchev–Trinajstić information content (AvgIpc) is 2.49. The fourth-order valence-corrected chi connectivity index (χ4v) is 2.32. The highest BCUT2D eigenvalue weighted by Crippen LogP contribution is 2.17. The summed E-state index contributed by atoms with van der Waals surface area (Å²) < 4.78 is 0. The second kappa shape index (κ2) is 6.12. The first-order valence-corrected chi connectivity index (χ1v) is 6.39. The highest BCUT2D eigenvalue weighted by molar-refractivity contribution is 5.49. The van der Waals surface area contributed by atoms with Crippen molar-refractivity contribution in [3.05, 3.63) is 18.1 Å². The Morgan fingerprint density at radius 2 is 1.89 bits per heavy atom. The molecule has 1 aliphatic rings. The molecule has 0 spiro atoms. The predicted molar refractivity (Wildman–Crippen MR) is 70.2 cm³/mol. The molecule has 0 saturated carbocycles. The zero-order valence-corrected chi connectivity index (χ0v) is 11.0. The molecule has 98 valence electrons. The molecular weight excluding hydrogens is 240 g/mol. The summed E-state index contributed by atoms with van der Waals surface area (Å²) in [5.74, 6) is 0.648. The zero-order chi connectivity index (χ0) is 13.7. The number of aromatic nitrogens is 2. The van der Waals surface area contributed by atoms with Crippen LogP contribution in [0.15, 0.2) is 12.4 Å². The second-order valence-corrected chi connectivity index (χ2v) is 4.42. The molecule has 6 nitrogen and oxygen atoms in total. The Kier molecular flexibility index (Phi) is 4.27. The zero-order valence-electron chi connectivity index (χ0n) is 11.0. The number of hydrogen-bond donors (Lipinski definition) is 0. The third-order valence-electron chi connectivity index (χ3n) is 3.38. The number of hydrogen-bond acceptors (Lipinski definition) is 6. The minimum Gasteiger partial charge on any atom is -0.352 e. The van der Waals surface area contributed by atoms with Crippen LogP contribution in [0.2, 0.25) is 0 Å². The summed E-state index contributed by atoms with van der Waals surface area (Å²) >= 11 is 0. The maximum Gasteiger partial charge on any atom is 0.183 e. The molecule has 1 atom stereocenters. The molecule has 2 heterocycles. The predicted octanol–water partition coefficient (Wildman–Crippen LogP) is 0.772. The molecule has 1 unspecified atom stereocenters. The van der Waals surface area contributed by atoms with Gasteiger partial charge in [0, 0.05) is 38.6 Å². The van der Waals surface area contributed by atoms with Crippen molar-refractivity contribution in [2.75, 3.05) is 31.1 Å². The van der Waals surface area contributed by atoms with Crippen molar-refractivity contribution >= 4 is 5.82 Å². The Hall–Kier alpha value is -2.18. The van der Waals surface area contributed by atoms with Gasteiger partial charge in [0.25, 0.3) is 0 Å². The van der Waals surface area contributed by atoms with Crippen molar-refractivity contribution in [3.8, 4) is 12.1 Å². The van der Waals surface area contributed by atoms with E-state index in [1.165, 1.54) is 6.20 Å². The van der Waals surface area contributed by atoms with Gasteiger partial charge in [-0.2, -0.15) is 10.5 Å². The molecule has 2 rings (SSSR count). The van der Waals surface area contributed by atoms with E-state index in [0.717, 1.165) is 32.6 Å². The summed E-state index contributed by atoms with van der Waals surface area (Å²) in [6.45, 7) is 5.19. The van der Waals surface area contributed by atoms with Crippen LogP contribution in [0.25, 0.3) is 0 Å². The number of nitriles is 2. The fraction of sp³-hybridized carbons (Fsp3) is 0.538. The van der Waals surface area contributed by atoms with Gasteiger partial charge in [0.2, 0.25) is 0 Å². The number of anilines is 1. The number of nitrogens with zero attached hydrogens (tertiary/aromatic N) is 6. The van der Waals surface area contributed by atoms with Crippen LogP contribution in [0, 0.1) is 22.7 Å². The molecule has 1 aliphatic heterocycles. The maximum atomic E-state index is 9.07. The molecule has 0 radical (unpaired) electrons. The standard InChI is InChI=1S/C13H16N6/c1-2-11(9-14)18-5-7-19(8-6-18)13-12(10-15)16-3-4-17-13/h3-4,11H,2,5-8H2,1H3. The number of piperazine rings is 1. The molecule has 0 aliphatic carbocycles. The van der Waals surface area contributed by atoms with E-state index < -0.39 is 0 Å². The maximum absolute atomic E-state index is 9.07. The van der Waals surface area contributed by atoms with E-state index in [1.54, 1.807) is 6.20 Å². The van der Waals surface area contributed by atoms with Crippen molar-refractivity contribution in [3.63, 3.8) is 0 Å². The van der Waals surface area contributed by atoms with Crippen molar-refractivity contribution < 1.29 is 0 Å². The molecule has 1 fully saturated rings. The second-order valence-electron chi connectivity index (χ2n) is 4.42. The lowest BCUT2D eigenvalue weighted by Crippen LogP contribution is -2.50. The first kappa shape index (κ1) is 13.3. The first-order chi connectivity index (χ1) is 9.30. The third-order valence-corrected chi connectivity index (χ3v) is 3.38. The van der Waals surface area contributed by atoms with Gasteiger partial charge in [-0.05, 0) is 6.42 Å². The Labute approximate surface area is 112 Å². The topological polar surface area (TPSA) is 79.8 Å². The van der Waals surface area contributed by atoms with Gasteiger partial charge in [0.1, 0.15) is 6.07 Å². The monoisotopic (exact) mass is 256 g/mol. The van der Waals surface area contributed by atoms with Crippen molar-refractivity contribution in [2.24, 2.45) is 0 Å². The van der Waals surface area contributed by atoms with Crippen LogP contribution in [0.1, 0.15) is 19.0 Å². The first-order valence-electron chi connectivity index (χ1n) is 6.39. The van der Waals surface area contributed by atoms with Crippen LogP contribution >= 0.6 is 0 Å². The quantitative estimate of drug-likeness (QED) is 0.794. The molecule has 0 bridgehead atoms. The molecule has 19 heavy (non-hydrogen) atoms. The summed E-state index contributed by atoms with van der Waals surface area (Å²) in [4.78, 5) is 12.5. The van der Waals surface area contributed by atoms with Gasteiger partial charge >= 0.3 is 0 Å². The Morgan fingerprint density at radius 3 is 2.47 bits per heavy atom. The van der Waals surface area contributed by atoms with Crippen molar-refractivity contribution in [1.82, 2.24) is 14.9 Å². The molecule has 0 aromatic carbocycles. The van der Waals surface area contributed by atoms with E-state index in [1.807, 2.05) is 6.92 Å². The van der Waals surface area contributed by atoms with Crippen LogP contribution < -0.4 is 4.90 Å². The van der Waals surface area contributed by atoms with Crippen LogP contribution in [0.4, 0.5) is 5.82 Å². The lowest BCUT2D eigenvalue weighted by molar-refractivity contribution is 0.216. The molecule has 6 heteroatoms. The van der Waals surface area contributed by atoms with Gasteiger partial charge in [0.15, 0.2) is 11.5 Å². The summed E-state index contributed by atoms with van der Waals surface area (Å²) in [7, 11) is 0. The van der Waals surface area contributed by atoms with Gasteiger partial charge < -0.3 is 4.90 Å². The fourth-order valence-electron chi connectivity index (χ4n) is 2.32. The summed E-state index contributed by atoms with van der Waals surface area (Å²) in [5, 5.41) is 18.1. The highest BCUT2D eigenvalue weighted by atomic mass is 15.3. The van der Waals surface area contributed by atoms with E-state index in [0.29, 0.717) is 11.5 Å². The van der Waals surface area contributed by atoms with E-state index in [9.17, 15) is 0 Å². The van der Waals surface area contributed by atoms with E-state index in [-0.39, 0.29) is 6.04 Å². The van der Waals surface area contributed by atoms with E-state index in [2.05, 4.69) is 31.9 Å². The van der Waals surface area contributed by atoms with Gasteiger partial charge in [0.05, 0.1) is 12.1 Å². The average molecular weight is 256 g/mol. The Bertz CT molecular complexity index is 507. The van der Waals surface area contributed by atoms with Gasteiger partial charge in [-0.25, -0.2) is 9.97 Å². The van der Waals surface area contributed by atoms with Crippen LogP contribution in [0.5, 0.6) is 0 Å². The van der Waals surface area contributed by atoms with E-state index >= 15 is 0 Å². The van der Waals surface area contributed by atoms with Crippen LogP contribution in [0.3, 0.4) is 0 Å². The SMILES string of the molecule is CCC(C#N)N1CCN(c2nccnc2C#N)CC1. The molecule has 1 aromatic rings. The Balaban J connectivity index is 2.05. The lowest BCUT2D eigenvalue weighted by Gasteiger charge is -2.37. The van der Waals surface area contributed by atoms with E-state index in [4.69, 9.17) is 10.5 Å². The molecule has 0 N–H and O–H groups in total. The molecule has 1 aromatic heterocycles. The van der Waals surface area contributed by atoms with Crippen molar-refractivity contribution in [1.29, 1.82) is 10.5 Å². The normalized spacial score (nSPS) is 17.5. The molecular formula is C13H16N6. The Morgan fingerprint density at radius 1 is 1.21 bits per heavy atom.